The summed E-state index contributed by atoms with van der Waals surface area (Å²) in [5.74, 6) is 0.337. The summed E-state index contributed by atoms with van der Waals surface area (Å²) in [7, 11) is 1.43. The van der Waals surface area contributed by atoms with E-state index in [1.165, 1.54) is 7.11 Å². The average molecular weight is 140 g/mol. The summed E-state index contributed by atoms with van der Waals surface area (Å²) in [5.41, 5.74) is 0. The van der Waals surface area contributed by atoms with Crippen LogP contribution in [0.3, 0.4) is 0 Å². The number of hydrogen-bond acceptors (Lipinski definition) is 2. The summed E-state index contributed by atoms with van der Waals surface area (Å²) in [5, 5.41) is 0. The lowest BCUT2D eigenvalue weighted by Crippen LogP contribution is -2.05. The highest BCUT2D eigenvalue weighted by molar-refractivity contribution is 5.69. The number of rotatable bonds is 2. The minimum Gasteiger partial charge on any atom is -0.469 e. The molecule has 2 heteroatoms. The van der Waals surface area contributed by atoms with Gasteiger partial charge in [-0.3, -0.25) is 4.79 Å². The molecule has 0 unspecified atom stereocenters. The topological polar surface area (TPSA) is 26.3 Å². The molecule has 0 heterocycles. The minimum absolute atomic E-state index is 0.100. The van der Waals surface area contributed by atoms with Crippen molar-refractivity contribution >= 4 is 5.97 Å². The third-order valence-electron chi connectivity index (χ3n) is 1.77. The van der Waals surface area contributed by atoms with Crippen molar-refractivity contribution < 1.29 is 9.53 Å². The molecule has 1 aliphatic carbocycles. The quantitative estimate of drug-likeness (QED) is 0.429. The summed E-state index contributed by atoms with van der Waals surface area (Å²) in [6, 6.07) is 0. The Balaban J connectivity index is 2.24. The van der Waals surface area contributed by atoms with E-state index in [0.717, 1.165) is 12.8 Å². The molecule has 0 saturated carbocycles. The summed E-state index contributed by atoms with van der Waals surface area (Å²) in [6.07, 6.45) is 6.98. The van der Waals surface area contributed by atoms with Gasteiger partial charge in [0.05, 0.1) is 13.5 Å². The van der Waals surface area contributed by atoms with E-state index in [0.29, 0.717) is 12.3 Å². The summed E-state index contributed by atoms with van der Waals surface area (Å²) in [6.45, 7) is 0. The molecule has 0 spiro atoms. The van der Waals surface area contributed by atoms with Crippen molar-refractivity contribution in [2.24, 2.45) is 5.92 Å². The van der Waals surface area contributed by atoms with Gasteiger partial charge in [0, 0.05) is 0 Å². The van der Waals surface area contributed by atoms with Crippen molar-refractivity contribution in [3.05, 3.63) is 12.2 Å². The van der Waals surface area contributed by atoms with Crippen molar-refractivity contribution in [1.29, 1.82) is 0 Å². The van der Waals surface area contributed by atoms with E-state index in [-0.39, 0.29) is 5.97 Å². The minimum atomic E-state index is -0.100. The van der Waals surface area contributed by atoms with Gasteiger partial charge in [-0.1, -0.05) is 12.2 Å². The fraction of sp³-hybridized carbons (Fsp3) is 0.625. The second kappa shape index (κ2) is 3.40. The highest BCUT2D eigenvalue weighted by Crippen LogP contribution is 2.20. The molecule has 2 nitrogen and oxygen atoms in total. The van der Waals surface area contributed by atoms with Crippen molar-refractivity contribution in [1.82, 2.24) is 0 Å². The van der Waals surface area contributed by atoms with Crippen molar-refractivity contribution in [3.8, 4) is 0 Å². The Morgan fingerprint density at radius 3 is 3.10 bits per heavy atom. The number of ether oxygens (including phenoxy) is 1. The van der Waals surface area contributed by atoms with Gasteiger partial charge >= 0.3 is 5.97 Å². The van der Waals surface area contributed by atoms with Crippen LogP contribution in [0.15, 0.2) is 12.2 Å². The summed E-state index contributed by atoms with van der Waals surface area (Å²) < 4.78 is 4.54. The van der Waals surface area contributed by atoms with Crippen LogP contribution in [0.1, 0.15) is 19.3 Å². The van der Waals surface area contributed by atoms with E-state index in [4.69, 9.17) is 0 Å². The van der Waals surface area contributed by atoms with Crippen LogP contribution in [0.25, 0.3) is 0 Å². The molecular formula is C8H12O2. The maximum Gasteiger partial charge on any atom is 0.306 e. The third-order valence-corrected chi connectivity index (χ3v) is 1.77. The lowest BCUT2D eigenvalue weighted by molar-refractivity contribution is -0.141. The Bertz CT molecular complexity index is 149. The maximum atomic E-state index is 10.7. The summed E-state index contributed by atoms with van der Waals surface area (Å²) in [4.78, 5) is 10.7. The smallest absolute Gasteiger partial charge is 0.306 e. The van der Waals surface area contributed by atoms with Gasteiger partial charge in [0.1, 0.15) is 0 Å². The van der Waals surface area contributed by atoms with E-state index in [2.05, 4.69) is 16.9 Å². The Labute approximate surface area is 60.9 Å². The van der Waals surface area contributed by atoms with Crippen LogP contribution in [0.4, 0.5) is 0 Å². The molecule has 0 amide bonds. The predicted molar refractivity (Wildman–Crippen MR) is 38.5 cm³/mol. The average Bonchev–Trinajstić information content (AvgIpc) is 2.40. The van der Waals surface area contributed by atoms with Crippen LogP contribution in [-0.2, 0) is 9.53 Å². The first-order valence-electron chi connectivity index (χ1n) is 3.56. The van der Waals surface area contributed by atoms with E-state index < -0.39 is 0 Å². The second-order valence-electron chi connectivity index (χ2n) is 2.55. The molecule has 0 aliphatic heterocycles. The first-order valence-corrected chi connectivity index (χ1v) is 3.56. The molecule has 1 aliphatic rings. The number of carbonyl (C=O) groups excluding carboxylic acids is 1. The first kappa shape index (κ1) is 7.32. The van der Waals surface area contributed by atoms with Gasteiger partial charge in [-0.15, -0.1) is 0 Å². The Morgan fingerprint density at radius 1 is 1.80 bits per heavy atom. The number of hydrogen-bond donors (Lipinski definition) is 0. The fourth-order valence-electron chi connectivity index (χ4n) is 1.16. The van der Waals surface area contributed by atoms with E-state index in [1.807, 2.05) is 0 Å². The maximum absolute atomic E-state index is 10.7. The number of allylic oxidation sites excluding steroid dienone is 2. The van der Waals surface area contributed by atoms with Gasteiger partial charge in [-0.25, -0.2) is 0 Å². The number of carbonyl (C=O) groups is 1. The van der Waals surface area contributed by atoms with Crippen molar-refractivity contribution in [2.75, 3.05) is 7.11 Å². The van der Waals surface area contributed by atoms with Crippen molar-refractivity contribution in [3.63, 3.8) is 0 Å². The lowest BCUT2D eigenvalue weighted by Gasteiger charge is -2.03. The molecule has 1 rings (SSSR count). The van der Waals surface area contributed by atoms with Crippen LogP contribution in [0.2, 0.25) is 0 Å². The van der Waals surface area contributed by atoms with Gasteiger partial charge in [-0.2, -0.15) is 0 Å². The van der Waals surface area contributed by atoms with Crippen LogP contribution in [0.5, 0.6) is 0 Å². The lowest BCUT2D eigenvalue weighted by atomic mass is 10.1. The zero-order valence-corrected chi connectivity index (χ0v) is 6.17. The first-order chi connectivity index (χ1) is 4.83. The zero-order chi connectivity index (χ0) is 7.40. The molecule has 0 radical (unpaired) electrons. The molecule has 0 saturated heterocycles. The van der Waals surface area contributed by atoms with Crippen LogP contribution in [0, 0.1) is 5.92 Å². The standard InChI is InChI=1S/C8H12O2/c1-10-8(9)6-7-4-2-3-5-7/h2,4,7H,3,5-6H2,1H3/t7-/m0/s1. The molecule has 0 aromatic carbocycles. The number of esters is 1. The van der Waals surface area contributed by atoms with E-state index in [9.17, 15) is 4.79 Å². The van der Waals surface area contributed by atoms with Gasteiger partial charge in [0.15, 0.2) is 0 Å². The molecule has 0 fully saturated rings. The largest absolute Gasteiger partial charge is 0.469 e. The molecule has 0 N–H and O–H groups in total. The van der Waals surface area contributed by atoms with Crippen LogP contribution in [-0.4, -0.2) is 13.1 Å². The SMILES string of the molecule is COC(=O)C[C@H]1C=CCC1. The Morgan fingerprint density at radius 2 is 2.60 bits per heavy atom. The molecule has 0 bridgehead atoms. The Hall–Kier alpha value is -0.790. The summed E-state index contributed by atoms with van der Waals surface area (Å²) >= 11 is 0. The fourth-order valence-corrected chi connectivity index (χ4v) is 1.16. The molecule has 0 aromatic heterocycles. The predicted octanol–water partition coefficient (Wildman–Crippen LogP) is 1.52. The molecular weight excluding hydrogens is 128 g/mol. The van der Waals surface area contributed by atoms with Gasteiger partial charge < -0.3 is 4.74 Å². The monoisotopic (exact) mass is 140 g/mol. The van der Waals surface area contributed by atoms with E-state index in [1.54, 1.807) is 0 Å². The third kappa shape index (κ3) is 1.87. The molecule has 10 heavy (non-hydrogen) atoms. The molecule has 1 atom stereocenters. The number of methoxy groups -OCH3 is 1. The highest BCUT2D eigenvalue weighted by Gasteiger charge is 2.13. The van der Waals surface area contributed by atoms with Gasteiger partial charge in [0.2, 0.25) is 0 Å². The van der Waals surface area contributed by atoms with Crippen molar-refractivity contribution in [2.45, 2.75) is 19.3 Å². The van der Waals surface area contributed by atoms with Crippen LogP contribution >= 0.6 is 0 Å². The van der Waals surface area contributed by atoms with Gasteiger partial charge in [-0.05, 0) is 18.8 Å². The normalized spacial score (nSPS) is 23.1. The highest BCUT2D eigenvalue weighted by atomic mass is 16.5. The molecule has 0 aromatic rings. The second-order valence-corrected chi connectivity index (χ2v) is 2.55. The Kier molecular flexibility index (Phi) is 2.49. The van der Waals surface area contributed by atoms with E-state index >= 15 is 0 Å². The molecule has 56 valence electrons. The van der Waals surface area contributed by atoms with Crippen LogP contribution < -0.4 is 0 Å². The zero-order valence-electron chi connectivity index (χ0n) is 6.17. The van der Waals surface area contributed by atoms with Gasteiger partial charge in [0.25, 0.3) is 0 Å².